The first-order valence-corrected chi connectivity index (χ1v) is 5.11. The molecule has 0 fully saturated rings. The highest BCUT2D eigenvalue weighted by Crippen LogP contribution is 2.27. The number of hydrogen-bond acceptors (Lipinski definition) is 3. The van der Waals surface area contributed by atoms with Crippen LogP contribution >= 0.6 is 0 Å². The van der Waals surface area contributed by atoms with Crippen molar-refractivity contribution in [1.82, 2.24) is 4.90 Å². The van der Waals surface area contributed by atoms with Gasteiger partial charge in [-0.15, -0.1) is 0 Å². The molecule has 0 amide bonds. The Balaban J connectivity index is 2.47. The second-order valence-electron chi connectivity index (χ2n) is 2.71. The normalized spacial score (nSPS) is 24.0. The summed E-state index contributed by atoms with van der Waals surface area (Å²) in [7, 11) is -1.36. The van der Waals surface area contributed by atoms with Crippen LogP contribution in [0.4, 0.5) is 0 Å². The summed E-state index contributed by atoms with van der Waals surface area (Å²) in [5.74, 6) is -1.08. The number of allylic oxidation sites excluding steroid dienone is 4. The molecule has 1 unspecified atom stereocenters. The zero-order valence-corrected chi connectivity index (χ0v) is 7.90. The monoisotopic (exact) mass is 209 g/mol. The van der Waals surface area contributed by atoms with Crippen LogP contribution in [0.15, 0.2) is 46.6 Å². The molecule has 2 heterocycles. The van der Waals surface area contributed by atoms with Gasteiger partial charge in [0, 0.05) is 11.6 Å². The molecule has 0 aromatic rings. The van der Waals surface area contributed by atoms with Crippen molar-refractivity contribution in [3.63, 3.8) is 0 Å². The summed E-state index contributed by atoms with van der Waals surface area (Å²) >= 11 is 0. The van der Waals surface area contributed by atoms with Crippen LogP contribution in [-0.2, 0) is 15.6 Å². The maximum absolute atomic E-state index is 11.5. The largest absolute Gasteiger partial charge is 0.477 e. The predicted octanol–water partition coefficient (Wildman–Crippen LogP) is 0.902. The van der Waals surface area contributed by atoms with Gasteiger partial charge >= 0.3 is 5.97 Å². The molecule has 0 aromatic carbocycles. The fraction of sp³-hybridized carbons (Fsp3) is 0. The molecule has 4 nitrogen and oxygen atoms in total. The standard InChI is InChI=1S/C9H7NO3S/c11-9(12)7-6-14(13)8-4-2-1-3-5-10(7)8/h1-6H,(H,11,12). The summed E-state index contributed by atoms with van der Waals surface area (Å²) in [6.45, 7) is 0. The lowest BCUT2D eigenvalue weighted by molar-refractivity contribution is -0.133. The summed E-state index contributed by atoms with van der Waals surface area (Å²) < 4.78 is 11.5. The van der Waals surface area contributed by atoms with E-state index in [-0.39, 0.29) is 5.70 Å². The Bertz CT molecular complexity index is 431. The molecule has 0 aromatic heterocycles. The Morgan fingerprint density at radius 1 is 1.36 bits per heavy atom. The van der Waals surface area contributed by atoms with Gasteiger partial charge in [-0.3, -0.25) is 0 Å². The topological polar surface area (TPSA) is 57.6 Å². The van der Waals surface area contributed by atoms with Crippen molar-refractivity contribution in [3.8, 4) is 0 Å². The van der Waals surface area contributed by atoms with E-state index in [1.54, 1.807) is 30.5 Å². The van der Waals surface area contributed by atoms with Crippen LogP contribution in [-0.4, -0.2) is 20.2 Å². The van der Waals surface area contributed by atoms with E-state index < -0.39 is 16.8 Å². The first-order valence-electron chi connectivity index (χ1n) is 3.90. The summed E-state index contributed by atoms with van der Waals surface area (Å²) in [6.07, 6.45) is 8.40. The Kier molecular flexibility index (Phi) is 2.09. The van der Waals surface area contributed by atoms with Crippen LogP contribution < -0.4 is 0 Å². The molecule has 14 heavy (non-hydrogen) atoms. The van der Waals surface area contributed by atoms with Gasteiger partial charge in [0.1, 0.15) is 10.7 Å². The van der Waals surface area contributed by atoms with Gasteiger partial charge in [0.05, 0.1) is 10.8 Å². The maximum atomic E-state index is 11.5. The van der Waals surface area contributed by atoms with Gasteiger partial charge in [-0.1, -0.05) is 12.2 Å². The van der Waals surface area contributed by atoms with Gasteiger partial charge in [0.25, 0.3) is 0 Å². The lowest BCUT2D eigenvalue weighted by atomic mass is 10.4. The molecule has 0 saturated carbocycles. The fourth-order valence-corrected chi connectivity index (χ4v) is 2.33. The van der Waals surface area contributed by atoms with Gasteiger partial charge in [0.15, 0.2) is 0 Å². The molecule has 0 aliphatic carbocycles. The van der Waals surface area contributed by atoms with E-state index in [0.717, 1.165) is 0 Å². The second-order valence-corrected chi connectivity index (χ2v) is 3.96. The molecule has 1 N–H and O–H groups in total. The van der Waals surface area contributed by atoms with E-state index in [0.29, 0.717) is 5.03 Å². The molecular formula is C9H7NO3S. The Morgan fingerprint density at radius 2 is 2.14 bits per heavy atom. The van der Waals surface area contributed by atoms with E-state index >= 15 is 0 Å². The number of aliphatic carboxylic acids is 1. The molecule has 0 bridgehead atoms. The van der Waals surface area contributed by atoms with Crippen molar-refractivity contribution in [3.05, 3.63) is 46.6 Å². The Hall–Kier alpha value is -1.62. The van der Waals surface area contributed by atoms with Crippen LogP contribution in [0.1, 0.15) is 0 Å². The highest BCUT2D eigenvalue weighted by molar-refractivity contribution is 7.92. The van der Waals surface area contributed by atoms with Gasteiger partial charge in [-0.05, 0) is 12.2 Å². The average molecular weight is 209 g/mol. The van der Waals surface area contributed by atoms with Crippen molar-refractivity contribution in [1.29, 1.82) is 0 Å². The lowest BCUT2D eigenvalue weighted by Crippen LogP contribution is -2.17. The number of carboxylic acids is 1. The minimum atomic E-state index is -1.36. The molecule has 2 rings (SSSR count). The summed E-state index contributed by atoms with van der Waals surface area (Å²) in [5.41, 5.74) is 0.0366. The average Bonchev–Trinajstić information content (AvgIpc) is 2.38. The first kappa shape index (κ1) is 8.96. The van der Waals surface area contributed by atoms with Crippen molar-refractivity contribution in [2.75, 3.05) is 0 Å². The molecule has 2 aliphatic rings. The molecule has 5 heteroatoms. The Labute approximate surface area is 83.0 Å². The van der Waals surface area contributed by atoms with E-state index in [1.807, 2.05) is 0 Å². The minimum Gasteiger partial charge on any atom is -0.477 e. The fourth-order valence-electron chi connectivity index (χ4n) is 1.23. The predicted molar refractivity (Wildman–Crippen MR) is 52.1 cm³/mol. The van der Waals surface area contributed by atoms with Crippen molar-refractivity contribution in [2.24, 2.45) is 0 Å². The van der Waals surface area contributed by atoms with Crippen LogP contribution in [0.25, 0.3) is 0 Å². The van der Waals surface area contributed by atoms with E-state index in [4.69, 9.17) is 5.11 Å². The minimum absolute atomic E-state index is 0.0366. The number of hydrogen-bond donors (Lipinski definition) is 1. The third kappa shape index (κ3) is 1.31. The highest BCUT2D eigenvalue weighted by Gasteiger charge is 2.29. The number of nitrogens with zero attached hydrogens (tertiary/aromatic N) is 1. The van der Waals surface area contributed by atoms with Crippen LogP contribution in [0.5, 0.6) is 0 Å². The third-order valence-corrected chi connectivity index (χ3v) is 3.02. The van der Waals surface area contributed by atoms with E-state index in [2.05, 4.69) is 0 Å². The zero-order chi connectivity index (χ0) is 10.1. The van der Waals surface area contributed by atoms with Crippen LogP contribution in [0, 0.1) is 0 Å². The maximum Gasteiger partial charge on any atom is 0.353 e. The summed E-state index contributed by atoms with van der Waals surface area (Å²) in [6, 6.07) is 0. The van der Waals surface area contributed by atoms with Crippen molar-refractivity contribution >= 4 is 16.8 Å². The number of rotatable bonds is 1. The van der Waals surface area contributed by atoms with Gasteiger partial charge < -0.3 is 10.0 Å². The molecule has 0 saturated heterocycles. The number of fused-ring (bicyclic) bond motifs is 1. The third-order valence-electron chi connectivity index (χ3n) is 1.84. The smallest absolute Gasteiger partial charge is 0.353 e. The molecule has 0 spiro atoms. The van der Waals surface area contributed by atoms with Gasteiger partial charge in [0.2, 0.25) is 0 Å². The SMILES string of the molecule is O=C(O)C1=CS(=O)C2=CC=CC=CN12. The van der Waals surface area contributed by atoms with Gasteiger partial charge in [-0.25, -0.2) is 9.00 Å². The van der Waals surface area contributed by atoms with Gasteiger partial charge in [-0.2, -0.15) is 0 Å². The van der Waals surface area contributed by atoms with Crippen LogP contribution in [0.2, 0.25) is 0 Å². The highest BCUT2D eigenvalue weighted by atomic mass is 32.2. The van der Waals surface area contributed by atoms with Crippen molar-refractivity contribution < 1.29 is 14.1 Å². The molecule has 72 valence electrons. The van der Waals surface area contributed by atoms with Crippen molar-refractivity contribution in [2.45, 2.75) is 0 Å². The summed E-state index contributed by atoms with van der Waals surface area (Å²) in [4.78, 5) is 12.2. The molecular weight excluding hydrogens is 202 g/mol. The molecule has 0 radical (unpaired) electrons. The van der Waals surface area contributed by atoms with E-state index in [1.165, 1.54) is 10.3 Å². The Morgan fingerprint density at radius 3 is 2.86 bits per heavy atom. The first-order chi connectivity index (χ1) is 6.70. The summed E-state index contributed by atoms with van der Waals surface area (Å²) in [5, 5.41) is 10.5. The van der Waals surface area contributed by atoms with E-state index in [9.17, 15) is 9.00 Å². The quantitative estimate of drug-likeness (QED) is 0.697. The second kappa shape index (κ2) is 3.26. The lowest BCUT2D eigenvalue weighted by Gasteiger charge is -2.13. The zero-order valence-electron chi connectivity index (χ0n) is 7.08. The number of carbonyl (C=O) groups is 1. The number of carboxylic acid groups (broad SMARTS) is 1. The van der Waals surface area contributed by atoms with Crippen LogP contribution in [0.3, 0.4) is 0 Å². The molecule has 1 atom stereocenters. The molecule has 2 aliphatic heterocycles.